The molecule has 0 aliphatic heterocycles. The molecule has 23 heavy (non-hydrogen) atoms. The predicted octanol–water partition coefficient (Wildman–Crippen LogP) is 4.07. The zero-order valence-electron chi connectivity index (χ0n) is 12.4. The summed E-state index contributed by atoms with van der Waals surface area (Å²) >= 11 is 0. The van der Waals surface area contributed by atoms with Crippen LogP contribution < -0.4 is 0 Å². The van der Waals surface area contributed by atoms with Gasteiger partial charge >= 0.3 is 24.1 Å². The normalized spacial score (nSPS) is 9.70. The molecule has 4 nitrogen and oxygen atoms in total. The van der Waals surface area contributed by atoms with Gasteiger partial charge in [0.1, 0.15) is 6.61 Å². The van der Waals surface area contributed by atoms with E-state index in [4.69, 9.17) is 0 Å². The molecule has 0 aromatic heterocycles. The Morgan fingerprint density at radius 3 is 1.78 bits per heavy atom. The van der Waals surface area contributed by atoms with Gasteiger partial charge in [-0.1, -0.05) is 25.8 Å². The van der Waals surface area contributed by atoms with Crippen molar-refractivity contribution in [2.75, 3.05) is 6.61 Å². The van der Waals surface area contributed by atoms with Crippen molar-refractivity contribution in [2.45, 2.75) is 20.0 Å². The van der Waals surface area contributed by atoms with E-state index in [0.717, 1.165) is 6.92 Å². The standard InChI is InChI=1S/C7H5F5O2.C7H10O2/c1-3(2)6(13)14-7(11,12)4(8)5(9)10;1-4-5-9-7(8)6(2)3/h1H2,2H3;4H,1-2,5H2,3H3. The monoisotopic (exact) mass is 342 g/mol. The SMILES string of the molecule is C=C(C)C(=O)OC(F)(F)C(F)=C(F)F.C=CCOC(=O)C(=C)C. The van der Waals surface area contributed by atoms with Crippen LogP contribution in [0.25, 0.3) is 0 Å². The first-order valence-electron chi connectivity index (χ1n) is 5.78. The lowest BCUT2D eigenvalue weighted by Crippen LogP contribution is -2.26. The minimum atomic E-state index is -4.96. The van der Waals surface area contributed by atoms with E-state index in [-0.39, 0.29) is 12.6 Å². The molecule has 0 saturated carbocycles. The fraction of sp³-hybridized carbons (Fsp3) is 0.286. The Morgan fingerprint density at radius 2 is 1.48 bits per heavy atom. The summed E-state index contributed by atoms with van der Waals surface area (Å²) in [6.07, 6.45) is -6.69. The van der Waals surface area contributed by atoms with E-state index in [1.54, 1.807) is 6.92 Å². The van der Waals surface area contributed by atoms with Crippen molar-refractivity contribution in [1.82, 2.24) is 0 Å². The number of esters is 2. The second-order valence-electron chi connectivity index (χ2n) is 3.93. The highest BCUT2D eigenvalue weighted by molar-refractivity contribution is 5.87. The molecular weight excluding hydrogens is 327 g/mol. The molecule has 0 spiro atoms. The molecule has 0 fully saturated rings. The van der Waals surface area contributed by atoms with Gasteiger partial charge in [-0.05, 0) is 13.8 Å². The van der Waals surface area contributed by atoms with Crippen molar-refractivity contribution >= 4 is 11.9 Å². The van der Waals surface area contributed by atoms with Crippen LogP contribution in [0.15, 0.2) is 48.9 Å². The Bertz CT molecular complexity index is 519. The van der Waals surface area contributed by atoms with Crippen LogP contribution in [0.1, 0.15) is 13.8 Å². The lowest BCUT2D eigenvalue weighted by molar-refractivity contribution is -0.218. The Labute approximate surface area is 129 Å². The van der Waals surface area contributed by atoms with Crippen LogP contribution >= 0.6 is 0 Å². The summed E-state index contributed by atoms with van der Waals surface area (Å²) < 4.78 is 67.1. The third kappa shape index (κ3) is 9.99. The molecule has 0 amide bonds. The highest BCUT2D eigenvalue weighted by Crippen LogP contribution is 2.30. The largest absolute Gasteiger partial charge is 0.461 e. The van der Waals surface area contributed by atoms with Crippen LogP contribution in [-0.2, 0) is 19.1 Å². The molecule has 0 rings (SSSR count). The third-order valence-electron chi connectivity index (χ3n) is 1.67. The van der Waals surface area contributed by atoms with Crippen LogP contribution in [-0.4, -0.2) is 24.7 Å². The number of carbonyl (C=O) groups is 2. The topological polar surface area (TPSA) is 52.6 Å². The van der Waals surface area contributed by atoms with E-state index in [2.05, 4.69) is 29.2 Å². The van der Waals surface area contributed by atoms with Gasteiger partial charge in [-0.15, -0.1) is 0 Å². The molecule has 0 atom stereocenters. The Hall–Kier alpha value is -2.45. The molecule has 0 heterocycles. The van der Waals surface area contributed by atoms with Gasteiger partial charge in [0.25, 0.3) is 5.83 Å². The molecular formula is C14H15F5O4. The number of alkyl halides is 2. The van der Waals surface area contributed by atoms with Crippen molar-refractivity contribution in [2.24, 2.45) is 0 Å². The number of carbonyl (C=O) groups excluding carboxylic acids is 2. The van der Waals surface area contributed by atoms with Crippen LogP contribution in [0.3, 0.4) is 0 Å². The number of ether oxygens (including phenoxy) is 2. The number of hydrogen-bond acceptors (Lipinski definition) is 4. The van der Waals surface area contributed by atoms with Crippen LogP contribution in [0.5, 0.6) is 0 Å². The predicted molar refractivity (Wildman–Crippen MR) is 72.2 cm³/mol. The van der Waals surface area contributed by atoms with E-state index in [9.17, 15) is 31.5 Å². The van der Waals surface area contributed by atoms with Gasteiger partial charge in [-0.25, -0.2) is 9.59 Å². The molecule has 0 aromatic carbocycles. The highest BCUT2D eigenvalue weighted by Gasteiger charge is 2.44. The Balaban J connectivity index is 0. The molecule has 0 radical (unpaired) electrons. The summed E-state index contributed by atoms with van der Waals surface area (Å²) in [5.41, 5.74) is -0.0476. The number of rotatable bonds is 6. The first-order valence-corrected chi connectivity index (χ1v) is 5.78. The van der Waals surface area contributed by atoms with Crippen LogP contribution in [0.4, 0.5) is 22.0 Å². The maximum Gasteiger partial charge on any atom is 0.461 e. The molecule has 9 heteroatoms. The average Bonchev–Trinajstić information content (AvgIpc) is 2.43. The summed E-state index contributed by atoms with van der Waals surface area (Å²) in [5, 5.41) is 0. The molecule has 0 unspecified atom stereocenters. The summed E-state index contributed by atoms with van der Waals surface area (Å²) in [6, 6.07) is 0. The molecule has 0 saturated heterocycles. The summed E-state index contributed by atoms with van der Waals surface area (Å²) in [5.74, 6) is -5.12. The number of hydrogen-bond donors (Lipinski definition) is 0. The van der Waals surface area contributed by atoms with Crippen molar-refractivity contribution in [3.05, 3.63) is 48.9 Å². The summed E-state index contributed by atoms with van der Waals surface area (Å²) in [6.45, 7) is 12.6. The van der Waals surface area contributed by atoms with E-state index in [0.29, 0.717) is 5.57 Å². The van der Waals surface area contributed by atoms with E-state index in [1.807, 2.05) is 0 Å². The van der Waals surface area contributed by atoms with Gasteiger partial charge in [0.15, 0.2) is 0 Å². The zero-order valence-corrected chi connectivity index (χ0v) is 12.4. The molecule has 0 aliphatic rings. The molecule has 0 aromatic rings. The maximum absolute atomic E-state index is 12.3. The minimum Gasteiger partial charge on any atom is -0.458 e. The quantitative estimate of drug-likeness (QED) is 0.316. The smallest absolute Gasteiger partial charge is 0.458 e. The first-order chi connectivity index (χ1) is 10.4. The molecule has 130 valence electrons. The highest BCUT2D eigenvalue weighted by atomic mass is 19.3. The average molecular weight is 342 g/mol. The first kappa shape index (κ1) is 22.8. The van der Waals surface area contributed by atoms with Crippen LogP contribution in [0.2, 0.25) is 0 Å². The summed E-state index contributed by atoms with van der Waals surface area (Å²) in [4.78, 5) is 21.0. The van der Waals surface area contributed by atoms with E-state index >= 15 is 0 Å². The van der Waals surface area contributed by atoms with Gasteiger partial charge in [-0.3, -0.25) is 0 Å². The lowest BCUT2D eigenvalue weighted by Gasteiger charge is -2.13. The number of halogens is 5. The van der Waals surface area contributed by atoms with Crippen molar-refractivity contribution in [1.29, 1.82) is 0 Å². The van der Waals surface area contributed by atoms with E-state index < -0.39 is 29.6 Å². The van der Waals surface area contributed by atoms with E-state index in [1.165, 1.54) is 6.08 Å². The fourth-order valence-electron chi connectivity index (χ4n) is 0.616. The van der Waals surface area contributed by atoms with Gasteiger partial charge < -0.3 is 9.47 Å². The van der Waals surface area contributed by atoms with Gasteiger partial charge in [-0.2, -0.15) is 22.0 Å². The Morgan fingerprint density at radius 1 is 1.04 bits per heavy atom. The zero-order chi connectivity index (χ0) is 18.8. The third-order valence-corrected chi connectivity index (χ3v) is 1.67. The Kier molecular flexibility index (Phi) is 10.2. The van der Waals surface area contributed by atoms with Gasteiger partial charge in [0.05, 0.1) is 0 Å². The fourth-order valence-corrected chi connectivity index (χ4v) is 0.616. The van der Waals surface area contributed by atoms with Crippen LogP contribution in [0, 0.1) is 0 Å². The minimum absolute atomic E-state index is 0.256. The molecule has 0 aliphatic carbocycles. The van der Waals surface area contributed by atoms with Crippen molar-refractivity contribution in [3.63, 3.8) is 0 Å². The maximum atomic E-state index is 12.3. The summed E-state index contributed by atoms with van der Waals surface area (Å²) in [7, 11) is 0. The van der Waals surface area contributed by atoms with Gasteiger partial charge in [0.2, 0.25) is 0 Å². The molecule has 0 N–H and O–H groups in total. The van der Waals surface area contributed by atoms with Crippen molar-refractivity contribution < 1.29 is 41.0 Å². The second kappa shape index (κ2) is 10.3. The van der Waals surface area contributed by atoms with Crippen molar-refractivity contribution in [3.8, 4) is 0 Å². The van der Waals surface area contributed by atoms with Gasteiger partial charge in [0, 0.05) is 11.1 Å². The lowest BCUT2D eigenvalue weighted by atomic mass is 10.4. The molecule has 0 bridgehead atoms. The second-order valence-corrected chi connectivity index (χ2v) is 3.93.